The molecule has 0 radical (unpaired) electrons. The number of carbonyl (C=O) groups is 1. The summed E-state index contributed by atoms with van der Waals surface area (Å²) in [5.74, 6) is -0.204. The Labute approximate surface area is 128 Å². The highest BCUT2D eigenvalue weighted by Gasteiger charge is 2.17. The summed E-state index contributed by atoms with van der Waals surface area (Å²) in [6, 6.07) is 5.02. The van der Waals surface area contributed by atoms with E-state index in [1.807, 2.05) is 19.9 Å². The number of hydrogen-bond acceptors (Lipinski definition) is 5. The predicted octanol–water partition coefficient (Wildman–Crippen LogP) is 3.58. The van der Waals surface area contributed by atoms with Crippen molar-refractivity contribution in [2.45, 2.75) is 13.8 Å². The highest BCUT2D eigenvalue weighted by Crippen LogP contribution is 2.31. The molecule has 0 saturated heterocycles. The first kappa shape index (κ1) is 16.7. The van der Waals surface area contributed by atoms with Gasteiger partial charge in [-0.05, 0) is 6.07 Å². The van der Waals surface area contributed by atoms with Crippen molar-refractivity contribution in [1.82, 2.24) is 4.98 Å². The molecule has 0 aliphatic heterocycles. The van der Waals surface area contributed by atoms with Crippen LogP contribution in [0.2, 0.25) is 5.02 Å². The highest BCUT2D eigenvalue weighted by molar-refractivity contribution is 6.36. The molecule has 5 nitrogen and oxygen atoms in total. The molecule has 0 amide bonds. The number of ether oxygens (including phenoxy) is 2. The lowest BCUT2D eigenvalue weighted by molar-refractivity contribution is 0.0597. The molecule has 0 aliphatic carbocycles. The molecule has 0 saturated carbocycles. The third kappa shape index (κ3) is 3.23. The van der Waals surface area contributed by atoms with E-state index in [-0.39, 0.29) is 16.1 Å². The van der Waals surface area contributed by atoms with Crippen LogP contribution in [0.15, 0.2) is 18.3 Å². The smallest absolute Gasteiger partial charge is 0.341 e. The molecule has 1 heterocycles. The molecule has 6 heteroatoms. The third-order valence-corrected chi connectivity index (χ3v) is 3.06. The van der Waals surface area contributed by atoms with E-state index in [2.05, 4.69) is 9.72 Å². The van der Waals surface area contributed by atoms with Crippen LogP contribution < -0.4 is 4.74 Å². The number of halogens is 1. The maximum atomic E-state index is 11.7. The number of benzene rings is 1. The molecule has 1 aromatic heterocycles. The summed E-state index contributed by atoms with van der Waals surface area (Å²) in [5.41, 5.74) is 1.01. The van der Waals surface area contributed by atoms with Crippen molar-refractivity contribution in [1.29, 1.82) is 5.26 Å². The third-order valence-electron chi connectivity index (χ3n) is 2.65. The van der Waals surface area contributed by atoms with Gasteiger partial charge in [-0.1, -0.05) is 25.4 Å². The number of methoxy groups -OCH3 is 2. The second-order valence-corrected chi connectivity index (χ2v) is 4.04. The number of nitriles is 1. The van der Waals surface area contributed by atoms with Gasteiger partial charge in [0, 0.05) is 17.6 Å². The predicted molar refractivity (Wildman–Crippen MR) is 80.7 cm³/mol. The normalized spacial score (nSPS) is 9.33. The summed E-state index contributed by atoms with van der Waals surface area (Å²) in [7, 11) is 2.72. The second-order valence-electron chi connectivity index (χ2n) is 3.66. The molecule has 0 aliphatic rings. The van der Waals surface area contributed by atoms with E-state index in [0.717, 1.165) is 0 Å². The second kappa shape index (κ2) is 7.46. The summed E-state index contributed by atoms with van der Waals surface area (Å²) in [6.07, 6.45) is 1.38. The lowest BCUT2D eigenvalue weighted by atomic mass is 10.1. The first-order valence-electron chi connectivity index (χ1n) is 6.27. The van der Waals surface area contributed by atoms with Crippen LogP contribution in [-0.2, 0) is 4.74 Å². The monoisotopic (exact) mass is 306 g/mol. The number of hydrogen-bond donors (Lipinski definition) is 0. The van der Waals surface area contributed by atoms with E-state index < -0.39 is 5.97 Å². The van der Waals surface area contributed by atoms with Gasteiger partial charge in [-0.2, -0.15) is 5.26 Å². The van der Waals surface area contributed by atoms with Crippen LogP contribution in [0, 0.1) is 11.3 Å². The van der Waals surface area contributed by atoms with Crippen LogP contribution in [0.4, 0.5) is 0 Å². The molecule has 0 fully saturated rings. The fourth-order valence-corrected chi connectivity index (χ4v) is 1.95. The number of pyridine rings is 1. The molecule has 1 aromatic carbocycles. The van der Waals surface area contributed by atoms with Crippen molar-refractivity contribution in [3.05, 3.63) is 34.5 Å². The van der Waals surface area contributed by atoms with Crippen molar-refractivity contribution in [2.75, 3.05) is 14.2 Å². The lowest BCUT2D eigenvalue weighted by Gasteiger charge is -2.09. The average Bonchev–Trinajstić information content (AvgIpc) is 2.55. The van der Waals surface area contributed by atoms with E-state index in [9.17, 15) is 4.79 Å². The summed E-state index contributed by atoms with van der Waals surface area (Å²) in [4.78, 5) is 15.8. The van der Waals surface area contributed by atoms with Gasteiger partial charge in [-0.3, -0.25) is 4.98 Å². The SMILES string of the molecule is CC.COC(=O)c1cc2c(Cl)c(C#N)cnc2cc1OC. The Morgan fingerprint density at radius 3 is 2.52 bits per heavy atom. The number of fused-ring (bicyclic) bond motifs is 1. The molecule has 0 N–H and O–H groups in total. The van der Waals surface area contributed by atoms with Gasteiger partial charge in [0.25, 0.3) is 0 Å². The first-order chi connectivity index (χ1) is 10.1. The van der Waals surface area contributed by atoms with Crippen molar-refractivity contribution >= 4 is 28.5 Å². The van der Waals surface area contributed by atoms with E-state index in [1.54, 1.807) is 6.07 Å². The molecule has 0 bridgehead atoms. The van der Waals surface area contributed by atoms with Crippen molar-refractivity contribution in [3.63, 3.8) is 0 Å². The molecule has 2 rings (SSSR count). The maximum absolute atomic E-state index is 11.7. The number of nitrogens with zero attached hydrogens (tertiary/aromatic N) is 2. The standard InChI is InChI=1S/C13H9ClN2O3.C2H6/c1-18-11-4-10-8(3-9(11)13(17)19-2)12(14)7(5-15)6-16-10;1-2/h3-4,6H,1-2H3;1-2H3. The van der Waals surface area contributed by atoms with Gasteiger partial charge >= 0.3 is 5.97 Å². The van der Waals surface area contributed by atoms with Crippen LogP contribution in [-0.4, -0.2) is 25.2 Å². The summed E-state index contributed by atoms with van der Waals surface area (Å²) >= 11 is 6.10. The van der Waals surface area contributed by atoms with Gasteiger partial charge in [0.1, 0.15) is 17.4 Å². The quantitative estimate of drug-likeness (QED) is 0.793. The minimum atomic E-state index is -0.544. The van der Waals surface area contributed by atoms with E-state index in [1.165, 1.54) is 26.5 Å². The van der Waals surface area contributed by atoms with E-state index in [4.69, 9.17) is 21.6 Å². The number of carbonyl (C=O) groups excluding carboxylic acids is 1. The molecule has 2 aromatic rings. The minimum Gasteiger partial charge on any atom is -0.496 e. The fourth-order valence-electron chi connectivity index (χ4n) is 1.70. The van der Waals surface area contributed by atoms with E-state index in [0.29, 0.717) is 16.7 Å². The summed E-state index contributed by atoms with van der Waals surface area (Å²) in [5, 5.41) is 9.66. The Morgan fingerprint density at radius 1 is 1.33 bits per heavy atom. The maximum Gasteiger partial charge on any atom is 0.341 e. The molecule has 21 heavy (non-hydrogen) atoms. The average molecular weight is 307 g/mol. The zero-order chi connectivity index (χ0) is 16.0. The Kier molecular flexibility index (Phi) is 5.94. The van der Waals surface area contributed by atoms with Crippen LogP contribution in [0.3, 0.4) is 0 Å². The summed E-state index contributed by atoms with van der Waals surface area (Å²) in [6.45, 7) is 4.00. The fraction of sp³-hybridized carbons (Fsp3) is 0.267. The Balaban J connectivity index is 0.00000106. The minimum absolute atomic E-state index is 0.233. The lowest BCUT2D eigenvalue weighted by Crippen LogP contribution is -2.04. The zero-order valence-corrected chi connectivity index (χ0v) is 13.0. The Hall–Kier alpha value is -2.32. The summed E-state index contributed by atoms with van der Waals surface area (Å²) < 4.78 is 9.80. The Morgan fingerprint density at radius 2 is 2.00 bits per heavy atom. The topological polar surface area (TPSA) is 72.2 Å². The van der Waals surface area contributed by atoms with Crippen LogP contribution in [0.5, 0.6) is 5.75 Å². The molecule has 0 spiro atoms. The largest absolute Gasteiger partial charge is 0.496 e. The molecule has 0 atom stereocenters. The van der Waals surface area contributed by atoms with Crippen molar-refractivity contribution in [2.24, 2.45) is 0 Å². The molecular formula is C15H15ClN2O3. The van der Waals surface area contributed by atoms with Gasteiger partial charge in [-0.15, -0.1) is 0 Å². The van der Waals surface area contributed by atoms with Crippen LogP contribution >= 0.6 is 11.6 Å². The van der Waals surface area contributed by atoms with Crippen molar-refractivity contribution < 1.29 is 14.3 Å². The van der Waals surface area contributed by atoms with Gasteiger partial charge in [0.15, 0.2) is 0 Å². The van der Waals surface area contributed by atoms with Crippen LogP contribution in [0.1, 0.15) is 29.8 Å². The van der Waals surface area contributed by atoms with Crippen molar-refractivity contribution in [3.8, 4) is 11.8 Å². The van der Waals surface area contributed by atoms with Gasteiger partial charge in [0.05, 0.1) is 30.3 Å². The van der Waals surface area contributed by atoms with E-state index >= 15 is 0 Å². The van der Waals surface area contributed by atoms with Gasteiger partial charge < -0.3 is 9.47 Å². The number of esters is 1. The number of aromatic nitrogens is 1. The van der Waals surface area contributed by atoms with Gasteiger partial charge in [-0.25, -0.2) is 4.79 Å². The molecule has 0 unspecified atom stereocenters. The molecular weight excluding hydrogens is 292 g/mol. The number of rotatable bonds is 2. The molecule has 110 valence electrons. The first-order valence-corrected chi connectivity index (χ1v) is 6.64. The Bertz CT molecular complexity index is 708. The zero-order valence-electron chi connectivity index (χ0n) is 12.2. The van der Waals surface area contributed by atoms with Gasteiger partial charge in [0.2, 0.25) is 0 Å². The highest BCUT2D eigenvalue weighted by atomic mass is 35.5. The van der Waals surface area contributed by atoms with Crippen LogP contribution in [0.25, 0.3) is 10.9 Å².